The van der Waals surface area contributed by atoms with Crippen LogP contribution in [0.1, 0.15) is 5.56 Å². The Morgan fingerprint density at radius 1 is 1.16 bits per heavy atom. The third-order valence-electron chi connectivity index (χ3n) is 3.86. The highest BCUT2D eigenvalue weighted by Crippen LogP contribution is 2.31. The van der Waals surface area contributed by atoms with Crippen molar-refractivity contribution in [2.45, 2.75) is 6.92 Å². The number of benzene rings is 2. The first kappa shape index (κ1) is 22.1. The van der Waals surface area contributed by atoms with Crippen molar-refractivity contribution in [1.82, 2.24) is 15.4 Å². The van der Waals surface area contributed by atoms with E-state index in [2.05, 4.69) is 26.1 Å². The second-order valence-corrected chi connectivity index (χ2v) is 7.05. The average Bonchev–Trinajstić information content (AvgIpc) is 2.71. The van der Waals surface area contributed by atoms with Gasteiger partial charge in [-0.15, -0.1) is 0 Å². The summed E-state index contributed by atoms with van der Waals surface area (Å²) in [6.07, 6.45) is 1.13. The SMILES string of the molecule is Cc1cccc(Nc2ncnc(NNC(=O)COc3ccc(Cl)cc3Cl)c2[N+](=O)[O-])c1. The van der Waals surface area contributed by atoms with E-state index in [0.717, 1.165) is 11.9 Å². The molecule has 0 bridgehead atoms. The van der Waals surface area contributed by atoms with Gasteiger partial charge in [-0.25, -0.2) is 9.97 Å². The average molecular weight is 463 g/mol. The number of anilines is 3. The Bertz CT molecular complexity index is 1130. The lowest BCUT2D eigenvalue weighted by atomic mass is 10.2. The van der Waals surface area contributed by atoms with Gasteiger partial charge in [-0.05, 0) is 42.8 Å². The van der Waals surface area contributed by atoms with Gasteiger partial charge in [-0.2, -0.15) is 0 Å². The summed E-state index contributed by atoms with van der Waals surface area (Å²) in [6, 6.07) is 11.8. The molecule has 0 saturated heterocycles. The highest BCUT2D eigenvalue weighted by molar-refractivity contribution is 6.35. The molecule has 0 aliphatic carbocycles. The van der Waals surface area contributed by atoms with Gasteiger partial charge in [0, 0.05) is 10.7 Å². The number of nitro groups is 1. The molecular weight excluding hydrogens is 447 g/mol. The molecular formula is C19H16Cl2N6O4. The largest absolute Gasteiger partial charge is 0.482 e. The Balaban J connectivity index is 1.68. The molecule has 0 saturated carbocycles. The van der Waals surface area contributed by atoms with Crippen LogP contribution < -0.4 is 20.9 Å². The monoisotopic (exact) mass is 462 g/mol. The highest BCUT2D eigenvalue weighted by Gasteiger charge is 2.23. The number of hydrazine groups is 1. The fourth-order valence-corrected chi connectivity index (χ4v) is 2.96. The van der Waals surface area contributed by atoms with Crippen molar-refractivity contribution >= 4 is 52.1 Å². The molecule has 1 amide bonds. The normalized spacial score (nSPS) is 10.3. The lowest BCUT2D eigenvalue weighted by molar-refractivity contribution is -0.383. The molecule has 3 N–H and O–H groups in total. The Morgan fingerprint density at radius 2 is 1.94 bits per heavy atom. The first-order chi connectivity index (χ1) is 14.8. The Labute approximate surface area is 186 Å². The summed E-state index contributed by atoms with van der Waals surface area (Å²) in [5.41, 5.74) is 5.86. The highest BCUT2D eigenvalue weighted by atomic mass is 35.5. The molecule has 12 heteroatoms. The maximum absolute atomic E-state index is 12.1. The second kappa shape index (κ2) is 9.92. The van der Waals surface area contributed by atoms with Gasteiger partial charge in [0.2, 0.25) is 11.6 Å². The summed E-state index contributed by atoms with van der Waals surface area (Å²) >= 11 is 11.8. The fourth-order valence-electron chi connectivity index (χ4n) is 2.49. The third kappa shape index (κ3) is 5.93. The summed E-state index contributed by atoms with van der Waals surface area (Å²) in [7, 11) is 0. The van der Waals surface area contributed by atoms with E-state index in [1.807, 2.05) is 13.0 Å². The number of aromatic nitrogens is 2. The Kier molecular flexibility index (Phi) is 7.06. The Hall–Kier alpha value is -3.63. The molecule has 0 fully saturated rings. The molecule has 160 valence electrons. The van der Waals surface area contributed by atoms with E-state index in [-0.39, 0.29) is 22.4 Å². The number of amides is 1. The van der Waals surface area contributed by atoms with E-state index in [1.54, 1.807) is 24.3 Å². The minimum absolute atomic E-state index is 0.0356. The van der Waals surface area contributed by atoms with Crippen molar-refractivity contribution < 1.29 is 14.5 Å². The van der Waals surface area contributed by atoms with Crippen molar-refractivity contribution in [2.75, 3.05) is 17.3 Å². The van der Waals surface area contributed by atoms with Crippen LogP contribution in [-0.2, 0) is 4.79 Å². The van der Waals surface area contributed by atoms with Gasteiger partial charge >= 0.3 is 5.69 Å². The summed E-state index contributed by atoms with van der Waals surface area (Å²) < 4.78 is 5.31. The zero-order valence-corrected chi connectivity index (χ0v) is 17.6. The lowest BCUT2D eigenvalue weighted by Crippen LogP contribution is -2.34. The minimum Gasteiger partial charge on any atom is -0.482 e. The van der Waals surface area contributed by atoms with Crippen LogP contribution in [0.15, 0.2) is 48.8 Å². The Morgan fingerprint density at radius 3 is 2.65 bits per heavy atom. The maximum atomic E-state index is 12.1. The van der Waals surface area contributed by atoms with Crippen LogP contribution in [0.2, 0.25) is 10.0 Å². The fraction of sp³-hybridized carbons (Fsp3) is 0.105. The standard InChI is InChI=1S/C19H16Cl2N6O4/c1-11-3-2-4-13(7-11)24-18-17(27(29)30)19(23-10-22-18)26-25-16(28)9-31-15-6-5-12(20)8-14(15)21/h2-8,10H,9H2,1H3,(H,25,28)(H2,22,23,24,26). The molecule has 31 heavy (non-hydrogen) atoms. The predicted molar refractivity (Wildman–Crippen MR) is 117 cm³/mol. The topological polar surface area (TPSA) is 131 Å². The first-order valence-electron chi connectivity index (χ1n) is 8.79. The van der Waals surface area contributed by atoms with Crippen LogP contribution in [-0.4, -0.2) is 27.4 Å². The van der Waals surface area contributed by atoms with Crippen LogP contribution in [0.25, 0.3) is 0 Å². The summed E-state index contributed by atoms with van der Waals surface area (Å²) in [5.74, 6) is -0.592. The van der Waals surface area contributed by atoms with Crippen LogP contribution in [0, 0.1) is 17.0 Å². The molecule has 0 radical (unpaired) electrons. The number of carbonyl (C=O) groups excluding carboxylic acids is 1. The van der Waals surface area contributed by atoms with Crippen LogP contribution in [0.5, 0.6) is 5.75 Å². The summed E-state index contributed by atoms with van der Waals surface area (Å²) in [6.45, 7) is 1.49. The van der Waals surface area contributed by atoms with Crippen molar-refractivity contribution in [1.29, 1.82) is 0 Å². The minimum atomic E-state index is -0.656. The number of aryl methyl sites for hydroxylation is 1. The molecule has 3 aromatic rings. The maximum Gasteiger partial charge on any atom is 0.355 e. The molecule has 0 aliphatic rings. The number of hydrogen-bond donors (Lipinski definition) is 3. The van der Waals surface area contributed by atoms with Gasteiger partial charge in [-0.1, -0.05) is 35.3 Å². The van der Waals surface area contributed by atoms with Gasteiger partial charge in [0.25, 0.3) is 5.91 Å². The van der Waals surface area contributed by atoms with Crippen molar-refractivity contribution in [3.05, 3.63) is 74.5 Å². The zero-order valence-electron chi connectivity index (χ0n) is 16.1. The number of nitrogens with zero attached hydrogens (tertiary/aromatic N) is 3. The van der Waals surface area contributed by atoms with Crippen LogP contribution in [0.3, 0.4) is 0 Å². The number of carbonyl (C=O) groups is 1. The third-order valence-corrected chi connectivity index (χ3v) is 4.39. The molecule has 10 nitrogen and oxygen atoms in total. The van der Waals surface area contributed by atoms with Crippen molar-refractivity contribution in [2.24, 2.45) is 0 Å². The van der Waals surface area contributed by atoms with E-state index in [4.69, 9.17) is 27.9 Å². The van der Waals surface area contributed by atoms with Gasteiger partial charge in [0.1, 0.15) is 12.1 Å². The van der Waals surface area contributed by atoms with Gasteiger partial charge < -0.3 is 10.1 Å². The van der Waals surface area contributed by atoms with Crippen LogP contribution in [0.4, 0.5) is 23.0 Å². The number of halogens is 2. The van der Waals surface area contributed by atoms with E-state index < -0.39 is 23.1 Å². The molecule has 0 unspecified atom stereocenters. The van der Waals surface area contributed by atoms with E-state index in [0.29, 0.717) is 10.7 Å². The smallest absolute Gasteiger partial charge is 0.355 e. The summed E-state index contributed by atoms with van der Waals surface area (Å²) in [4.78, 5) is 30.8. The molecule has 3 rings (SSSR count). The van der Waals surface area contributed by atoms with Gasteiger partial charge in [-0.3, -0.25) is 25.8 Å². The number of rotatable bonds is 8. The van der Waals surface area contributed by atoms with E-state index in [1.165, 1.54) is 12.1 Å². The molecule has 0 atom stereocenters. The molecule has 0 spiro atoms. The first-order valence-corrected chi connectivity index (χ1v) is 9.55. The number of nitrogens with one attached hydrogen (secondary N) is 3. The predicted octanol–water partition coefficient (Wildman–Crippen LogP) is 4.27. The van der Waals surface area contributed by atoms with E-state index >= 15 is 0 Å². The molecule has 2 aromatic carbocycles. The second-order valence-electron chi connectivity index (χ2n) is 6.21. The van der Waals surface area contributed by atoms with Gasteiger partial charge in [0.15, 0.2) is 6.61 Å². The molecule has 1 heterocycles. The van der Waals surface area contributed by atoms with Gasteiger partial charge in [0.05, 0.1) is 9.95 Å². The number of hydrogen-bond acceptors (Lipinski definition) is 8. The summed E-state index contributed by atoms with van der Waals surface area (Å²) in [5, 5.41) is 15.2. The quantitative estimate of drug-likeness (QED) is 0.334. The lowest BCUT2D eigenvalue weighted by Gasteiger charge is -2.12. The van der Waals surface area contributed by atoms with Crippen LogP contribution >= 0.6 is 23.2 Å². The van der Waals surface area contributed by atoms with Crippen molar-refractivity contribution in [3.8, 4) is 5.75 Å². The van der Waals surface area contributed by atoms with Crippen molar-refractivity contribution in [3.63, 3.8) is 0 Å². The van der Waals surface area contributed by atoms with E-state index in [9.17, 15) is 14.9 Å². The molecule has 0 aliphatic heterocycles. The molecule has 1 aromatic heterocycles. The number of ether oxygens (including phenoxy) is 1. The zero-order chi connectivity index (χ0) is 22.4.